The Labute approximate surface area is 148 Å². The fraction of sp³-hybridized carbons (Fsp3) is 0.444. The van der Waals surface area contributed by atoms with Crippen molar-refractivity contribution in [2.24, 2.45) is 13.0 Å². The standard InChI is InChI=1S/C18H22N4O.ClH/c1-21-11-15(8-20-21)16-9-19-10-17(16)18(23)22-7-6-13-4-2-3-5-14(13)12-22;/h2-5,8,11,16-17,19H,6-7,9-10,12H2,1H3;1H/t16-,17+;/m1./s1. The van der Waals surface area contributed by atoms with Gasteiger partial charge in [0.05, 0.1) is 12.1 Å². The van der Waals surface area contributed by atoms with Gasteiger partial charge in [0.15, 0.2) is 0 Å². The molecule has 2 aliphatic rings. The molecule has 1 aromatic carbocycles. The Bertz CT molecular complexity index is 729. The van der Waals surface area contributed by atoms with E-state index < -0.39 is 0 Å². The Balaban J connectivity index is 0.00000169. The van der Waals surface area contributed by atoms with Crippen molar-refractivity contribution in [3.8, 4) is 0 Å². The van der Waals surface area contributed by atoms with Gasteiger partial charge in [-0.15, -0.1) is 12.4 Å². The third-order valence-electron chi connectivity index (χ3n) is 5.13. The van der Waals surface area contributed by atoms with E-state index in [9.17, 15) is 4.79 Å². The SMILES string of the molecule is Cl.Cn1cc([C@H]2CNC[C@@H]2C(=O)N2CCc3ccccc3C2)cn1. The van der Waals surface area contributed by atoms with Crippen molar-refractivity contribution in [2.45, 2.75) is 18.9 Å². The molecule has 2 aliphatic heterocycles. The van der Waals surface area contributed by atoms with Crippen LogP contribution in [0.15, 0.2) is 36.7 Å². The van der Waals surface area contributed by atoms with Crippen LogP contribution in [0.2, 0.25) is 0 Å². The zero-order valence-electron chi connectivity index (χ0n) is 13.8. The fourth-order valence-corrected chi connectivity index (χ4v) is 3.84. The van der Waals surface area contributed by atoms with E-state index >= 15 is 0 Å². The number of fused-ring (bicyclic) bond motifs is 1. The molecule has 0 saturated carbocycles. The summed E-state index contributed by atoms with van der Waals surface area (Å²) in [4.78, 5) is 15.1. The lowest BCUT2D eigenvalue weighted by Crippen LogP contribution is -2.41. The Hall–Kier alpha value is -1.85. The number of aryl methyl sites for hydroxylation is 1. The van der Waals surface area contributed by atoms with Crippen LogP contribution < -0.4 is 5.32 Å². The van der Waals surface area contributed by atoms with Gasteiger partial charge in [-0.25, -0.2) is 0 Å². The first-order valence-electron chi connectivity index (χ1n) is 8.27. The van der Waals surface area contributed by atoms with E-state index in [0.29, 0.717) is 0 Å². The van der Waals surface area contributed by atoms with Crippen LogP contribution in [0.1, 0.15) is 22.6 Å². The molecule has 1 fully saturated rings. The van der Waals surface area contributed by atoms with Crippen LogP contribution in [0.5, 0.6) is 0 Å². The molecule has 0 radical (unpaired) electrons. The van der Waals surface area contributed by atoms with Crippen molar-refractivity contribution in [2.75, 3.05) is 19.6 Å². The summed E-state index contributed by atoms with van der Waals surface area (Å²) in [6.45, 7) is 3.18. The number of nitrogens with one attached hydrogen (secondary N) is 1. The van der Waals surface area contributed by atoms with Crippen molar-refractivity contribution in [3.63, 3.8) is 0 Å². The third kappa shape index (κ3) is 3.06. The lowest BCUT2D eigenvalue weighted by atomic mass is 9.89. The highest BCUT2D eigenvalue weighted by Gasteiger charge is 2.37. The number of amides is 1. The van der Waals surface area contributed by atoms with Crippen LogP contribution in [-0.4, -0.2) is 40.2 Å². The molecular weight excluding hydrogens is 324 g/mol. The molecule has 1 aromatic heterocycles. The first-order valence-corrected chi connectivity index (χ1v) is 8.27. The summed E-state index contributed by atoms with van der Waals surface area (Å²) in [5.41, 5.74) is 3.83. The van der Waals surface area contributed by atoms with Crippen molar-refractivity contribution in [1.29, 1.82) is 0 Å². The molecule has 2 aromatic rings. The molecule has 4 rings (SSSR count). The molecule has 0 unspecified atom stereocenters. The van der Waals surface area contributed by atoms with Gasteiger partial charge in [-0.2, -0.15) is 5.10 Å². The van der Waals surface area contributed by atoms with Crippen LogP contribution in [-0.2, 0) is 24.8 Å². The van der Waals surface area contributed by atoms with Crippen LogP contribution in [0.25, 0.3) is 0 Å². The summed E-state index contributed by atoms with van der Waals surface area (Å²) >= 11 is 0. The minimum Gasteiger partial charge on any atom is -0.338 e. The molecule has 2 atom stereocenters. The molecular formula is C18H23ClN4O. The molecule has 5 nitrogen and oxygen atoms in total. The van der Waals surface area contributed by atoms with Gasteiger partial charge in [0.2, 0.25) is 5.91 Å². The molecule has 1 amide bonds. The second-order valence-corrected chi connectivity index (χ2v) is 6.60. The average Bonchev–Trinajstić information content (AvgIpc) is 3.22. The first kappa shape index (κ1) is 17.0. The largest absolute Gasteiger partial charge is 0.338 e. The summed E-state index contributed by atoms with van der Waals surface area (Å²) in [5, 5.41) is 7.65. The highest BCUT2D eigenvalue weighted by Crippen LogP contribution is 2.31. The molecule has 0 aliphatic carbocycles. The number of aromatic nitrogens is 2. The van der Waals surface area contributed by atoms with E-state index in [1.54, 1.807) is 0 Å². The van der Waals surface area contributed by atoms with Crippen LogP contribution in [0, 0.1) is 5.92 Å². The second-order valence-electron chi connectivity index (χ2n) is 6.60. The van der Waals surface area contributed by atoms with Gasteiger partial charge < -0.3 is 10.2 Å². The number of rotatable bonds is 2. The number of carbonyl (C=O) groups is 1. The van der Waals surface area contributed by atoms with Crippen LogP contribution in [0.4, 0.5) is 0 Å². The maximum atomic E-state index is 13.1. The lowest BCUT2D eigenvalue weighted by molar-refractivity contribution is -0.136. The number of hydrogen-bond acceptors (Lipinski definition) is 3. The Morgan fingerprint density at radius 3 is 2.79 bits per heavy atom. The molecule has 0 bridgehead atoms. The van der Waals surface area contributed by atoms with Gasteiger partial charge in [-0.05, 0) is 23.1 Å². The molecule has 128 valence electrons. The smallest absolute Gasteiger partial charge is 0.227 e. The zero-order chi connectivity index (χ0) is 15.8. The van der Waals surface area contributed by atoms with Crippen molar-refractivity contribution < 1.29 is 4.79 Å². The minimum absolute atomic E-state index is 0. The number of nitrogens with zero attached hydrogens (tertiary/aromatic N) is 3. The average molecular weight is 347 g/mol. The van der Waals surface area contributed by atoms with Gasteiger partial charge in [0.25, 0.3) is 0 Å². The number of benzene rings is 1. The fourth-order valence-electron chi connectivity index (χ4n) is 3.84. The van der Waals surface area contributed by atoms with E-state index in [-0.39, 0.29) is 30.2 Å². The molecule has 24 heavy (non-hydrogen) atoms. The van der Waals surface area contributed by atoms with E-state index in [0.717, 1.165) is 38.2 Å². The molecule has 6 heteroatoms. The molecule has 1 saturated heterocycles. The lowest BCUT2D eigenvalue weighted by Gasteiger charge is -2.32. The highest BCUT2D eigenvalue weighted by molar-refractivity contribution is 5.85. The summed E-state index contributed by atoms with van der Waals surface area (Å²) < 4.78 is 1.81. The molecule has 3 heterocycles. The normalized spacial score (nSPS) is 22.8. The maximum Gasteiger partial charge on any atom is 0.227 e. The van der Waals surface area contributed by atoms with Crippen LogP contribution >= 0.6 is 12.4 Å². The number of carbonyl (C=O) groups excluding carboxylic acids is 1. The van der Waals surface area contributed by atoms with E-state index in [1.807, 2.05) is 29.0 Å². The predicted molar refractivity (Wildman–Crippen MR) is 95.1 cm³/mol. The summed E-state index contributed by atoms with van der Waals surface area (Å²) in [5.74, 6) is 0.524. The molecule has 1 N–H and O–H groups in total. The quantitative estimate of drug-likeness (QED) is 0.901. The Morgan fingerprint density at radius 1 is 1.25 bits per heavy atom. The van der Waals surface area contributed by atoms with Gasteiger partial charge in [0, 0.05) is 45.3 Å². The van der Waals surface area contributed by atoms with Gasteiger partial charge in [-0.3, -0.25) is 9.48 Å². The van der Waals surface area contributed by atoms with Crippen molar-refractivity contribution in [1.82, 2.24) is 20.0 Å². The van der Waals surface area contributed by atoms with E-state index in [4.69, 9.17) is 0 Å². The topological polar surface area (TPSA) is 50.2 Å². The Morgan fingerprint density at radius 2 is 2.04 bits per heavy atom. The number of hydrogen-bond donors (Lipinski definition) is 1. The third-order valence-corrected chi connectivity index (χ3v) is 5.13. The minimum atomic E-state index is 0. The highest BCUT2D eigenvalue weighted by atomic mass is 35.5. The van der Waals surface area contributed by atoms with E-state index in [2.05, 4.69) is 34.7 Å². The van der Waals surface area contributed by atoms with Crippen molar-refractivity contribution >= 4 is 18.3 Å². The second kappa shape index (κ2) is 6.95. The van der Waals surface area contributed by atoms with Gasteiger partial charge in [0.1, 0.15) is 0 Å². The maximum absolute atomic E-state index is 13.1. The summed E-state index contributed by atoms with van der Waals surface area (Å²) in [7, 11) is 1.92. The van der Waals surface area contributed by atoms with Gasteiger partial charge in [-0.1, -0.05) is 24.3 Å². The number of halogens is 1. The van der Waals surface area contributed by atoms with Crippen LogP contribution in [0.3, 0.4) is 0 Å². The van der Waals surface area contributed by atoms with Gasteiger partial charge >= 0.3 is 0 Å². The monoisotopic (exact) mass is 346 g/mol. The Kier molecular flexibility index (Phi) is 4.92. The zero-order valence-corrected chi connectivity index (χ0v) is 14.6. The summed E-state index contributed by atoms with van der Waals surface area (Å²) in [6, 6.07) is 8.45. The first-order chi connectivity index (χ1) is 11.2. The summed E-state index contributed by atoms with van der Waals surface area (Å²) in [6.07, 6.45) is 4.88. The van der Waals surface area contributed by atoms with E-state index in [1.165, 1.54) is 11.1 Å². The molecule has 0 spiro atoms. The predicted octanol–water partition coefficient (Wildman–Crippen LogP) is 1.73. The van der Waals surface area contributed by atoms with Crippen molar-refractivity contribution in [3.05, 3.63) is 53.3 Å².